The molecule has 2 N–H and O–H groups in total. The molecular weight excluding hydrogens is 482 g/mol. The van der Waals surface area contributed by atoms with Gasteiger partial charge in [0.2, 0.25) is 5.95 Å². The number of benzene rings is 1. The Kier molecular flexibility index (Phi) is 8.11. The number of rotatable bonds is 10. The van der Waals surface area contributed by atoms with Crippen molar-refractivity contribution in [2.75, 3.05) is 38.6 Å². The molecule has 0 saturated heterocycles. The Labute approximate surface area is 222 Å². The number of aryl methyl sites for hydroxylation is 3. The van der Waals surface area contributed by atoms with E-state index in [9.17, 15) is 9.59 Å². The highest BCUT2D eigenvalue weighted by atomic mass is 16.6. The summed E-state index contributed by atoms with van der Waals surface area (Å²) in [7, 11) is 3.25. The number of aromatic nitrogens is 4. The third kappa shape index (κ3) is 5.40. The summed E-state index contributed by atoms with van der Waals surface area (Å²) in [4.78, 5) is 42.8. The van der Waals surface area contributed by atoms with Crippen LogP contribution >= 0.6 is 0 Å². The van der Waals surface area contributed by atoms with Gasteiger partial charge in [-0.25, -0.2) is 4.98 Å². The Morgan fingerprint density at radius 1 is 1.13 bits per heavy atom. The topological polar surface area (TPSA) is 106 Å². The Morgan fingerprint density at radius 2 is 1.84 bits per heavy atom. The van der Waals surface area contributed by atoms with E-state index in [-0.39, 0.29) is 17.4 Å². The molecule has 200 valence electrons. The van der Waals surface area contributed by atoms with E-state index in [1.54, 1.807) is 29.1 Å². The van der Waals surface area contributed by atoms with Crippen LogP contribution in [-0.4, -0.2) is 63.4 Å². The summed E-state index contributed by atoms with van der Waals surface area (Å²) in [5.74, 6) is 0.126. The van der Waals surface area contributed by atoms with Crippen molar-refractivity contribution in [3.8, 4) is 11.1 Å². The Hall–Kier alpha value is -4.18. The number of hydrogen-bond acceptors (Lipinski definition) is 7. The molecule has 0 radical (unpaired) electrons. The predicted octanol–water partition coefficient (Wildman–Crippen LogP) is 3.29. The van der Waals surface area contributed by atoms with Crippen LogP contribution in [0.3, 0.4) is 0 Å². The summed E-state index contributed by atoms with van der Waals surface area (Å²) >= 11 is 0. The van der Waals surface area contributed by atoms with Gasteiger partial charge in [-0.1, -0.05) is 32.0 Å². The van der Waals surface area contributed by atoms with Gasteiger partial charge < -0.3 is 24.9 Å². The lowest BCUT2D eigenvalue weighted by Gasteiger charge is -2.17. The minimum atomic E-state index is -0.301. The second-order valence-electron chi connectivity index (χ2n) is 9.21. The fourth-order valence-electron chi connectivity index (χ4n) is 4.66. The molecule has 0 spiro atoms. The molecule has 0 aliphatic heterocycles. The number of anilines is 2. The van der Waals surface area contributed by atoms with E-state index >= 15 is 0 Å². The van der Waals surface area contributed by atoms with Crippen LogP contribution in [0.1, 0.15) is 35.5 Å². The summed E-state index contributed by atoms with van der Waals surface area (Å²) in [6, 6.07) is 9.47. The molecule has 0 bridgehead atoms. The molecule has 1 aromatic carbocycles. The first-order valence-corrected chi connectivity index (χ1v) is 12.7. The van der Waals surface area contributed by atoms with E-state index in [1.165, 1.54) is 11.8 Å². The van der Waals surface area contributed by atoms with Crippen LogP contribution in [0.2, 0.25) is 0 Å². The Bertz CT molecular complexity index is 1500. The van der Waals surface area contributed by atoms with Crippen LogP contribution in [-0.2, 0) is 7.05 Å². The molecule has 0 fully saturated rings. The summed E-state index contributed by atoms with van der Waals surface area (Å²) in [6.45, 7) is 11.4. The van der Waals surface area contributed by atoms with E-state index in [1.807, 2.05) is 39.1 Å². The monoisotopic (exact) mass is 517 g/mol. The maximum Gasteiger partial charge on any atom is 0.292 e. The zero-order chi connectivity index (χ0) is 27.4. The molecule has 3 heterocycles. The highest BCUT2D eigenvalue weighted by Crippen LogP contribution is 2.27. The largest absolute Gasteiger partial charge is 0.412 e. The quantitative estimate of drug-likeness (QED) is 0.333. The molecule has 0 unspecified atom stereocenters. The van der Waals surface area contributed by atoms with Gasteiger partial charge in [-0.2, -0.15) is 4.98 Å². The van der Waals surface area contributed by atoms with E-state index < -0.39 is 0 Å². The van der Waals surface area contributed by atoms with Crippen LogP contribution in [0.25, 0.3) is 22.2 Å². The van der Waals surface area contributed by atoms with Crippen molar-refractivity contribution in [1.82, 2.24) is 29.5 Å². The van der Waals surface area contributed by atoms with Crippen LogP contribution in [0, 0.1) is 13.8 Å². The lowest BCUT2D eigenvalue weighted by Crippen LogP contribution is -2.35. The lowest BCUT2D eigenvalue weighted by atomic mass is 9.96. The summed E-state index contributed by atoms with van der Waals surface area (Å²) in [5, 5.41) is 6.77. The van der Waals surface area contributed by atoms with Gasteiger partial charge >= 0.3 is 0 Å². The number of hydrogen-bond donors (Lipinski definition) is 2. The normalized spacial score (nSPS) is 11.2. The molecule has 4 rings (SSSR count). The smallest absolute Gasteiger partial charge is 0.292 e. The summed E-state index contributed by atoms with van der Waals surface area (Å²) < 4.78 is 2.93. The molecule has 10 nitrogen and oxygen atoms in total. The van der Waals surface area contributed by atoms with Crippen molar-refractivity contribution < 1.29 is 9.63 Å². The zero-order valence-electron chi connectivity index (χ0n) is 22.8. The first kappa shape index (κ1) is 26.9. The van der Waals surface area contributed by atoms with Crippen LogP contribution in [0.4, 0.5) is 11.6 Å². The second-order valence-corrected chi connectivity index (χ2v) is 9.21. The van der Waals surface area contributed by atoms with Crippen molar-refractivity contribution in [2.24, 2.45) is 7.05 Å². The summed E-state index contributed by atoms with van der Waals surface area (Å²) in [6.07, 6.45) is 3.45. The molecule has 3 aromatic heterocycles. The minimum Gasteiger partial charge on any atom is -0.412 e. The highest BCUT2D eigenvalue weighted by Gasteiger charge is 2.18. The van der Waals surface area contributed by atoms with Crippen molar-refractivity contribution >= 4 is 28.6 Å². The van der Waals surface area contributed by atoms with E-state index in [0.29, 0.717) is 34.5 Å². The zero-order valence-corrected chi connectivity index (χ0v) is 22.8. The van der Waals surface area contributed by atoms with Crippen molar-refractivity contribution in [3.05, 3.63) is 69.9 Å². The standard InChI is InChI=1S/C28H35N7O3/c1-7-34(8-2)13-12-29-26(36)23-15-21(17-33(23)5)31-28-30-16-20-14-22(24-18(3)10-9-11-19(24)4)27(37)35(38-6)25(20)32-28/h9-11,14-17H,7-8,12-13H2,1-6H3,(H,29,36)(H,30,31,32). The van der Waals surface area contributed by atoms with Crippen LogP contribution < -0.4 is 21.0 Å². The third-order valence-corrected chi connectivity index (χ3v) is 6.74. The number of carbonyl (C=O) groups excluding carboxylic acids is 1. The molecule has 38 heavy (non-hydrogen) atoms. The Balaban J connectivity index is 1.60. The fraction of sp³-hybridized carbons (Fsp3) is 0.357. The molecular formula is C28H35N7O3. The average Bonchev–Trinajstić information content (AvgIpc) is 3.26. The molecule has 0 atom stereocenters. The first-order valence-electron chi connectivity index (χ1n) is 12.7. The number of amides is 1. The molecule has 0 aliphatic rings. The average molecular weight is 518 g/mol. The number of nitrogens with one attached hydrogen (secondary N) is 2. The van der Waals surface area contributed by atoms with Gasteiger partial charge in [0.1, 0.15) is 12.8 Å². The van der Waals surface area contributed by atoms with E-state index in [4.69, 9.17) is 4.84 Å². The van der Waals surface area contributed by atoms with Gasteiger partial charge in [0.25, 0.3) is 11.5 Å². The Morgan fingerprint density at radius 3 is 2.50 bits per heavy atom. The van der Waals surface area contributed by atoms with Crippen molar-refractivity contribution in [3.63, 3.8) is 0 Å². The van der Waals surface area contributed by atoms with Crippen LogP contribution in [0.5, 0.6) is 0 Å². The number of carbonyl (C=O) groups is 1. The van der Waals surface area contributed by atoms with E-state index in [0.717, 1.165) is 36.3 Å². The predicted molar refractivity (Wildman–Crippen MR) is 150 cm³/mol. The molecule has 4 aromatic rings. The third-order valence-electron chi connectivity index (χ3n) is 6.74. The molecule has 0 aliphatic carbocycles. The van der Waals surface area contributed by atoms with Crippen LogP contribution in [0.15, 0.2) is 47.5 Å². The van der Waals surface area contributed by atoms with Crippen molar-refractivity contribution in [2.45, 2.75) is 27.7 Å². The summed E-state index contributed by atoms with van der Waals surface area (Å²) in [5.41, 5.74) is 4.61. The molecule has 0 saturated carbocycles. The van der Waals surface area contributed by atoms with Gasteiger partial charge in [0, 0.05) is 37.9 Å². The maximum absolute atomic E-state index is 13.4. The van der Waals surface area contributed by atoms with Gasteiger partial charge in [0.05, 0.1) is 11.3 Å². The number of likely N-dealkylation sites (N-methyl/N-ethyl adjacent to an activating group) is 1. The van der Waals surface area contributed by atoms with Gasteiger partial charge in [-0.15, -0.1) is 4.73 Å². The number of fused-ring (bicyclic) bond motifs is 1. The second kappa shape index (κ2) is 11.5. The van der Waals surface area contributed by atoms with Crippen molar-refractivity contribution in [1.29, 1.82) is 0 Å². The van der Waals surface area contributed by atoms with Gasteiger partial charge in [0.15, 0.2) is 5.65 Å². The van der Waals surface area contributed by atoms with Gasteiger partial charge in [-0.05, 0) is 55.8 Å². The minimum absolute atomic E-state index is 0.153. The van der Waals surface area contributed by atoms with Gasteiger partial charge in [-0.3, -0.25) is 9.59 Å². The number of pyridine rings is 1. The molecule has 1 amide bonds. The lowest BCUT2D eigenvalue weighted by molar-refractivity contribution is 0.0941. The maximum atomic E-state index is 13.4. The van der Waals surface area contributed by atoms with E-state index in [2.05, 4.69) is 39.3 Å². The SMILES string of the molecule is CCN(CC)CCNC(=O)c1cc(Nc2ncc3cc(-c4c(C)cccc4C)c(=O)n(OC)c3n2)cn1C. The number of nitrogens with zero attached hydrogens (tertiary/aromatic N) is 5. The highest BCUT2D eigenvalue weighted by molar-refractivity contribution is 5.94. The fourth-order valence-corrected chi connectivity index (χ4v) is 4.66. The molecule has 10 heteroatoms. The first-order chi connectivity index (χ1) is 18.3.